The Morgan fingerprint density at radius 2 is 1.81 bits per heavy atom. The van der Waals surface area contributed by atoms with Gasteiger partial charge in [0.2, 0.25) is 15.9 Å². The van der Waals surface area contributed by atoms with Crippen molar-refractivity contribution in [3.63, 3.8) is 0 Å². The molecule has 0 aliphatic carbocycles. The van der Waals surface area contributed by atoms with Crippen LogP contribution in [0.3, 0.4) is 0 Å². The maximum atomic E-state index is 13.8. The summed E-state index contributed by atoms with van der Waals surface area (Å²) < 4.78 is 53.1. The molecule has 9 nitrogen and oxygen atoms in total. The summed E-state index contributed by atoms with van der Waals surface area (Å²) in [5.41, 5.74) is 0. The van der Waals surface area contributed by atoms with Gasteiger partial charge in [-0.1, -0.05) is 0 Å². The van der Waals surface area contributed by atoms with Crippen LogP contribution in [0.1, 0.15) is 6.42 Å². The molecule has 2 saturated heterocycles. The van der Waals surface area contributed by atoms with Crippen molar-refractivity contribution in [1.29, 1.82) is 0 Å². The summed E-state index contributed by atoms with van der Waals surface area (Å²) in [6, 6.07) is 0.536. The van der Waals surface area contributed by atoms with Crippen LogP contribution in [0.2, 0.25) is 0 Å². The maximum absolute atomic E-state index is 13.8. The standard InChI is InChI=1S/C15H16F2N4O5S/c16-9-1-2-10(17)12(7-9)27(25,26)21-5-3-20(4-6-21)13(22)8-11-14(23)19-15(24)18-11/h1-2,7,11H,3-6,8H2,(H2,18,19,23,24)/t11-/m0/s1. The smallest absolute Gasteiger partial charge is 0.322 e. The number of nitrogens with one attached hydrogen (secondary N) is 2. The topological polar surface area (TPSA) is 116 Å². The summed E-state index contributed by atoms with van der Waals surface area (Å²) >= 11 is 0. The first-order valence-corrected chi connectivity index (χ1v) is 9.47. The third kappa shape index (κ3) is 3.90. The van der Waals surface area contributed by atoms with Gasteiger partial charge in [0.1, 0.15) is 22.6 Å². The lowest BCUT2D eigenvalue weighted by Crippen LogP contribution is -2.51. The number of benzene rings is 1. The van der Waals surface area contributed by atoms with E-state index in [4.69, 9.17) is 0 Å². The number of hydrogen-bond donors (Lipinski definition) is 2. The monoisotopic (exact) mass is 402 g/mol. The summed E-state index contributed by atoms with van der Waals surface area (Å²) in [6.45, 7) is -0.158. The van der Waals surface area contributed by atoms with Crippen molar-refractivity contribution in [2.75, 3.05) is 26.2 Å². The summed E-state index contributed by atoms with van der Waals surface area (Å²) in [6.07, 6.45) is -0.247. The van der Waals surface area contributed by atoms with Crippen LogP contribution in [-0.4, -0.2) is 67.7 Å². The second-order valence-corrected chi connectivity index (χ2v) is 7.99. The van der Waals surface area contributed by atoms with E-state index < -0.39 is 50.4 Å². The Bertz CT molecular complexity index is 899. The molecule has 0 aromatic heterocycles. The highest BCUT2D eigenvalue weighted by atomic mass is 32.2. The first-order chi connectivity index (χ1) is 12.7. The number of hydrogen-bond acceptors (Lipinski definition) is 5. The largest absolute Gasteiger partial charge is 0.340 e. The van der Waals surface area contributed by atoms with Crippen LogP contribution in [0.15, 0.2) is 23.1 Å². The quantitative estimate of drug-likeness (QED) is 0.653. The molecular formula is C15H16F2N4O5S. The first kappa shape index (κ1) is 19.2. The van der Waals surface area contributed by atoms with Gasteiger partial charge < -0.3 is 10.2 Å². The molecule has 146 valence electrons. The molecule has 0 radical (unpaired) electrons. The van der Waals surface area contributed by atoms with Crippen LogP contribution in [0.25, 0.3) is 0 Å². The number of amides is 4. The Morgan fingerprint density at radius 1 is 1.15 bits per heavy atom. The number of carbonyl (C=O) groups is 3. The summed E-state index contributed by atoms with van der Waals surface area (Å²) in [5, 5.41) is 4.33. The van der Waals surface area contributed by atoms with Crippen molar-refractivity contribution in [2.24, 2.45) is 0 Å². The molecule has 2 fully saturated rings. The first-order valence-electron chi connectivity index (χ1n) is 8.03. The fraction of sp³-hybridized carbons (Fsp3) is 0.400. The molecule has 2 heterocycles. The highest BCUT2D eigenvalue weighted by Crippen LogP contribution is 2.22. The lowest BCUT2D eigenvalue weighted by Gasteiger charge is -2.34. The Hall–Kier alpha value is -2.60. The number of sulfonamides is 1. The summed E-state index contributed by atoms with van der Waals surface area (Å²) in [7, 11) is -4.24. The van der Waals surface area contributed by atoms with Gasteiger partial charge in [-0.05, 0) is 18.2 Å². The van der Waals surface area contributed by atoms with E-state index in [1.165, 1.54) is 4.90 Å². The van der Waals surface area contributed by atoms with Crippen molar-refractivity contribution in [3.8, 4) is 0 Å². The Morgan fingerprint density at radius 3 is 2.41 bits per heavy atom. The van der Waals surface area contributed by atoms with Gasteiger partial charge in [0.15, 0.2) is 0 Å². The predicted molar refractivity (Wildman–Crippen MR) is 86.8 cm³/mol. The van der Waals surface area contributed by atoms with Crippen LogP contribution >= 0.6 is 0 Å². The normalized spacial score (nSPS) is 21.1. The highest BCUT2D eigenvalue weighted by Gasteiger charge is 2.35. The van der Waals surface area contributed by atoms with Crippen LogP contribution < -0.4 is 10.6 Å². The van der Waals surface area contributed by atoms with Crippen molar-refractivity contribution >= 4 is 27.9 Å². The SMILES string of the molecule is O=C1NC(=O)[C@H](CC(=O)N2CCN(S(=O)(=O)c3cc(F)ccc3F)CC2)N1. The predicted octanol–water partition coefficient (Wildman–Crippen LogP) is -0.604. The fourth-order valence-corrected chi connectivity index (χ4v) is 4.40. The van der Waals surface area contributed by atoms with E-state index in [1.807, 2.05) is 5.32 Å². The van der Waals surface area contributed by atoms with E-state index in [2.05, 4.69) is 5.32 Å². The van der Waals surface area contributed by atoms with Gasteiger partial charge in [-0.15, -0.1) is 0 Å². The number of halogens is 2. The second-order valence-electron chi connectivity index (χ2n) is 6.08. The molecule has 2 aliphatic heterocycles. The number of carbonyl (C=O) groups excluding carboxylic acids is 3. The van der Waals surface area contributed by atoms with Crippen molar-refractivity contribution in [2.45, 2.75) is 17.4 Å². The molecule has 0 bridgehead atoms. The summed E-state index contributed by atoms with van der Waals surface area (Å²) in [5.74, 6) is -2.96. The molecule has 1 atom stereocenters. The molecule has 0 spiro atoms. The average molecular weight is 402 g/mol. The zero-order chi connectivity index (χ0) is 19.8. The molecule has 4 amide bonds. The van der Waals surface area contributed by atoms with E-state index in [-0.39, 0.29) is 32.6 Å². The van der Waals surface area contributed by atoms with E-state index >= 15 is 0 Å². The van der Waals surface area contributed by atoms with Crippen LogP contribution in [0.4, 0.5) is 13.6 Å². The van der Waals surface area contributed by atoms with Gasteiger partial charge in [-0.2, -0.15) is 4.31 Å². The van der Waals surface area contributed by atoms with Crippen molar-refractivity contribution < 1.29 is 31.6 Å². The number of urea groups is 1. The van der Waals surface area contributed by atoms with Crippen LogP contribution in [0, 0.1) is 11.6 Å². The minimum atomic E-state index is -4.24. The van der Waals surface area contributed by atoms with Gasteiger partial charge in [0.25, 0.3) is 5.91 Å². The Kier molecular flexibility index (Phi) is 5.11. The second kappa shape index (κ2) is 7.19. The lowest BCUT2D eigenvalue weighted by atomic mass is 10.2. The molecule has 0 saturated carbocycles. The highest BCUT2D eigenvalue weighted by molar-refractivity contribution is 7.89. The van der Waals surface area contributed by atoms with E-state index in [0.29, 0.717) is 6.07 Å². The minimum absolute atomic E-state index is 0.0251. The zero-order valence-electron chi connectivity index (χ0n) is 13.9. The average Bonchev–Trinajstić information content (AvgIpc) is 2.94. The van der Waals surface area contributed by atoms with Gasteiger partial charge in [0.05, 0.1) is 6.42 Å². The number of nitrogens with zero attached hydrogens (tertiary/aromatic N) is 2. The Labute approximate surface area is 153 Å². The third-order valence-electron chi connectivity index (χ3n) is 4.34. The van der Waals surface area contributed by atoms with E-state index in [1.54, 1.807) is 0 Å². The van der Waals surface area contributed by atoms with Gasteiger partial charge >= 0.3 is 6.03 Å². The number of piperazine rings is 1. The van der Waals surface area contributed by atoms with Gasteiger partial charge in [-0.25, -0.2) is 22.0 Å². The summed E-state index contributed by atoms with van der Waals surface area (Å²) in [4.78, 5) is 35.4. The molecule has 2 aliphatic rings. The van der Waals surface area contributed by atoms with Crippen molar-refractivity contribution in [1.82, 2.24) is 19.8 Å². The van der Waals surface area contributed by atoms with Crippen LogP contribution in [0.5, 0.6) is 0 Å². The minimum Gasteiger partial charge on any atom is -0.340 e. The molecule has 12 heteroatoms. The lowest BCUT2D eigenvalue weighted by molar-refractivity contribution is -0.134. The van der Waals surface area contributed by atoms with E-state index in [0.717, 1.165) is 16.4 Å². The molecule has 0 unspecified atom stereocenters. The van der Waals surface area contributed by atoms with Crippen molar-refractivity contribution in [3.05, 3.63) is 29.8 Å². The van der Waals surface area contributed by atoms with Gasteiger partial charge in [-0.3, -0.25) is 14.9 Å². The Balaban J connectivity index is 1.63. The molecule has 1 aromatic rings. The molecule has 3 rings (SSSR count). The molecule has 2 N–H and O–H groups in total. The molecule has 1 aromatic carbocycles. The molecular weight excluding hydrogens is 386 g/mol. The van der Waals surface area contributed by atoms with E-state index in [9.17, 15) is 31.6 Å². The van der Waals surface area contributed by atoms with Crippen LogP contribution in [-0.2, 0) is 19.6 Å². The maximum Gasteiger partial charge on any atom is 0.322 e. The zero-order valence-corrected chi connectivity index (χ0v) is 14.8. The number of imide groups is 1. The molecule has 27 heavy (non-hydrogen) atoms. The third-order valence-corrected chi connectivity index (χ3v) is 6.25. The fourth-order valence-electron chi connectivity index (χ4n) is 2.90. The van der Waals surface area contributed by atoms with Gasteiger partial charge in [0, 0.05) is 26.2 Å². The number of rotatable bonds is 4.